The molecule has 1 nitrogen and oxygen atoms in total. The van der Waals surface area contributed by atoms with Crippen LogP contribution in [0.1, 0.15) is 18.6 Å². The summed E-state index contributed by atoms with van der Waals surface area (Å²) in [4.78, 5) is 0. The van der Waals surface area contributed by atoms with Gasteiger partial charge in [-0.25, -0.2) is 4.39 Å². The molecule has 1 radical (unpaired) electrons. The third kappa shape index (κ3) is 1.05. The van der Waals surface area contributed by atoms with E-state index in [2.05, 4.69) is 0 Å². The maximum Gasteiger partial charge on any atom is 0.331 e. The molecule has 2 rings (SSSR count). The molecule has 1 aliphatic rings. The monoisotopic (exact) mass is 149 g/mol. The van der Waals surface area contributed by atoms with E-state index < -0.39 is 0 Å². The zero-order valence-corrected chi connectivity index (χ0v) is 6.17. The van der Waals surface area contributed by atoms with Gasteiger partial charge in [0, 0.05) is 0 Å². The highest BCUT2D eigenvalue weighted by atomic mass is 19.1. The Bertz CT molecular complexity index is 287. The summed E-state index contributed by atoms with van der Waals surface area (Å²) < 4.78 is 17.9. The Kier molecular flexibility index (Phi) is 1.46. The number of benzene rings is 1. The molecule has 0 N–H and O–H groups in total. The summed E-state index contributed by atoms with van der Waals surface area (Å²) in [6.45, 7) is 1.90. The normalized spacial score (nSPS) is 21.1. The van der Waals surface area contributed by atoms with Crippen molar-refractivity contribution in [2.75, 3.05) is 0 Å². The molecule has 1 aliphatic heterocycles. The lowest BCUT2D eigenvalue weighted by Gasteiger charge is -2.03. The van der Waals surface area contributed by atoms with Crippen molar-refractivity contribution < 1.29 is 9.04 Å². The minimum atomic E-state index is -0.200. The standard InChI is InChI=1S/C8H7BFO/c1-5-7-4-6(10)2-3-8(7)9-11-5/h2-5H,1H3/t5-/m0/s1. The van der Waals surface area contributed by atoms with Crippen molar-refractivity contribution in [3.8, 4) is 0 Å². The lowest BCUT2D eigenvalue weighted by Crippen LogP contribution is -2.10. The molecule has 0 spiro atoms. The summed E-state index contributed by atoms with van der Waals surface area (Å²) in [5.74, 6) is -0.200. The van der Waals surface area contributed by atoms with Gasteiger partial charge in [0.15, 0.2) is 0 Å². The Morgan fingerprint density at radius 3 is 3.18 bits per heavy atom. The van der Waals surface area contributed by atoms with Crippen LogP contribution in [0.15, 0.2) is 18.2 Å². The Labute approximate surface area is 65.5 Å². The number of hydrogen-bond acceptors (Lipinski definition) is 1. The van der Waals surface area contributed by atoms with Gasteiger partial charge >= 0.3 is 7.48 Å². The summed E-state index contributed by atoms with van der Waals surface area (Å²) in [5.41, 5.74) is 1.92. The fourth-order valence-corrected chi connectivity index (χ4v) is 1.25. The third-order valence-corrected chi connectivity index (χ3v) is 1.89. The molecule has 0 saturated carbocycles. The first-order valence-corrected chi connectivity index (χ1v) is 3.55. The van der Waals surface area contributed by atoms with Gasteiger partial charge in [0.25, 0.3) is 0 Å². The molecule has 0 unspecified atom stereocenters. The molecule has 0 amide bonds. The molecule has 0 saturated heterocycles. The molecule has 0 fully saturated rings. The Hall–Kier alpha value is -0.825. The number of rotatable bonds is 0. The first-order valence-electron chi connectivity index (χ1n) is 3.55. The molecule has 3 heteroatoms. The van der Waals surface area contributed by atoms with E-state index in [-0.39, 0.29) is 11.9 Å². The Balaban J connectivity index is 2.52. The van der Waals surface area contributed by atoms with Gasteiger partial charge < -0.3 is 4.65 Å². The highest BCUT2D eigenvalue weighted by Gasteiger charge is 2.20. The van der Waals surface area contributed by atoms with Gasteiger partial charge in [0.05, 0.1) is 6.10 Å². The molecule has 1 aromatic rings. The van der Waals surface area contributed by atoms with Crippen molar-refractivity contribution in [1.29, 1.82) is 0 Å². The van der Waals surface area contributed by atoms with Crippen molar-refractivity contribution >= 4 is 12.9 Å². The van der Waals surface area contributed by atoms with Crippen LogP contribution in [-0.4, -0.2) is 7.48 Å². The molecule has 55 valence electrons. The highest BCUT2D eigenvalue weighted by Crippen LogP contribution is 2.19. The molecule has 0 bridgehead atoms. The highest BCUT2D eigenvalue weighted by molar-refractivity contribution is 6.49. The second-order valence-electron chi connectivity index (χ2n) is 2.67. The number of fused-ring (bicyclic) bond motifs is 1. The molecular formula is C8H7BFO. The quantitative estimate of drug-likeness (QED) is 0.503. The minimum absolute atomic E-state index is 0.000648. The third-order valence-electron chi connectivity index (χ3n) is 1.89. The van der Waals surface area contributed by atoms with Crippen LogP contribution >= 0.6 is 0 Å². The van der Waals surface area contributed by atoms with E-state index in [0.717, 1.165) is 11.0 Å². The van der Waals surface area contributed by atoms with E-state index in [1.807, 2.05) is 6.92 Å². The molecule has 1 heterocycles. The van der Waals surface area contributed by atoms with Gasteiger partial charge in [0.1, 0.15) is 5.82 Å². The smallest absolute Gasteiger partial charge is 0.331 e. The van der Waals surface area contributed by atoms with Gasteiger partial charge in [-0.3, -0.25) is 0 Å². The molecule has 1 atom stereocenters. The van der Waals surface area contributed by atoms with Crippen molar-refractivity contribution in [2.24, 2.45) is 0 Å². The fraction of sp³-hybridized carbons (Fsp3) is 0.250. The van der Waals surface area contributed by atoms with Crippen LogP contribution in [-0.2, 0) is 4.65 Å². The summed E-state index contributed by atoms with van der Waals surface area (Å²) >= 11 is 0. The van der Waals surface area contributed by atoms with E-state index in [1.54, 1.807) is 13.5 Å². The van der Waals surface area contributed by atoms with E-state index in [4.69, 9.17) is 4.65 Å². The van der Waals surface area contributed by atoms with Crippen LogP contribution in [0.2, 0.25) is 0 Å². The molecule has 1 aromatic carbocycles. The molecule has 0 aliphatic carbocycles. The van der Waals surface area contributed by atoms with E-state index in [1.165, 1.54) is 12.1 Å². The Morgan fingerprint density at radius 2 is 2.36 bits per heavy atom. The second kappa shape index (κ2) is 2.34. The van der Waals surface area contributed by atoms with Crippen molar-refractivity contribution in [2.45, 2.75) is 13.0 Å². The maximum absolute atomic E-state index is 12.7. The zero-order valence-electron chi connectivity index (χ0n) is 6.17. The van der Waals surface area contributed by atoms with Crippen LogP contribution in [0.25, 0.3) is 0 Å². The second-order valence-corrected chi connectivity index (χ2v) is 2.67. The van der Waals surface area contributed by atoms with Gasteiger partial charge in [-0.1, -0.05) is 6.07 Å². The predicted octanol–water partition coefficient (Wildman–Crippen LogP) is 1.16. The van der Waals surface area contributed by atoms with Gasteiger partial charge in [-0.05, 0) is 30.1 Å². The average molecular weight is 149 g/mol. The maximum atomic E-state index is 12.7. The molecule has 0 aromatic heterocycles. The SMILES string of the molecule is C[C@@H]1O[B]c2ccc(F)cc21. The van der Waals surface area contributed by atoms with Crippen molar-refractivity contribution in [3.05, 3.63) is 29.6 Å². The first-order chi connectivity index (χ1) is 5.27. The summed E-state index contributed by atoms with van der Waals surface area (Å²) in [7, 11) is 1.67. The van der Waals surface area contributed by atoms with E-state index >= 15 is 0 Å². The van der Waals surface area contributed by atoms with Crippen LogP contribution in [0.3, 0.4) is 0 Å². The lowest BCUT2D eigenvalue weighted by atomic mass is 9.87. The minimum Gasteiger partial charge on any atom is -0.428 e. The summed E-state index contributed by atoms with van der Waals surface area (Å²) in [5, 5.41) is 0. The van der Waals surface area contributed by atoms with Crippen LogP contribution in [0.5, 0.6) is 0 Å². The first kappa shape index (κ1) is 6.86. The largest absolute Gasteiger partial charge is 0.428 e. The summed E-state index contributed by atoms with van der Waals surface area (Å²) in [6, 6.07) is 4.69. The van der Waals surface area contributed by atoms with E-state index in [0.29, 0.717) is 0 Å². The van der Waals surface area contributed by atoms with Gasteiger partial charge in [-0.15, -0.1) is 0 Å². The van der Waals surface area contributed by atoms with Crippen molar-refractivity contribution in [3.63, 3.8) is 0 Å². The van der Waals surface area contributed by atoms with Crippen LogP contribution < -0.4 is 5.46 Å². The Morgan fingerprint density at radius 1 is 1.55 bits per heavy atom. The van der Waals surface area contributed by atoms with Crippen molar-refractivity contribution in [1.82, 2.24) is 0 Å². The van der Waals surface area contributed by atoms with E-state index in [9.17, 15) is 4.39 Å². The number of halogens is 1. The van der Waals surface area contributed by atoms with Gasteiger partial charge in [0.2, 0.25) is 0 Å². The molecule has 11 heavy (non-hydrogen) atoms. The zero-order chi connectivity index (χ0) is 7.84. The average Bonchev–Trinajstić information content (AvgIpc) is 2.33. The predicted molar refractivity (Wildman–Crippen MR) is 41.3 cm³/mol. The van der Waals surface area contributed by atoms with Crippen LogP contribution in [0.4, 0.5) is 4.39 Å². The summed E-state index contributed by atoms with van der Waals surface area (Å²) in [6.07, 6.45) is 0.000648. The lowest BCUT2D eigenvalue weighted by molar-refractivity contribution is 0.257. The van der Waals surface area contributed by atoms with Gasteiger partial charge in [-0.2, -0.15) is 0 Å². The van der Waals surface area contributed by atoms with Crippen LogP contribution in [0, 0.1) is 5.82 Å². The topological polar surface area (TPSA) is 9.23 Å². The fourth-order valence-electron chi connectivity index (χ4n) is 1.25. The number of hydrogen-bond donors (Lipinski definition) is 0. The molecular weight excluding hydrogens is 142 g/mol.